The average molecular weight is 189 g/mol. The minimum atomic E-state index is 0.424. The monoisotopic (exact) mass is 189 g/mol. The molecule has 1 aliphatic rings. The Labute approximate surface area is 86.3 Å². The van der Waals surface area contributed by atoms with Gasteiger partial charge in [-0.1, -0.05) is 26.8 Å². The molecule has 14 heavy (non-hydrogen) atoms. The fraction of sp³-hybridized carbons (Fsp3) is 0.538. The van der Waals surface area contributed by atoms with Gasteiger partial charge in [-0.15, -0.1) is 0 Å². The van der Waals surface area contributed by atoms with Crippen molar-refractivity contribution in [2.24, 2.45) is 5.41 Å². The molecule has 0 aliphatic heterocycles. The van der Waals surface area contributed by atoms with Gasteiger partial charge >= 0.3 is 0 Å². The van der Waals surface area contributed by atoms with Gasteiger partial charge in [0.05, 0.1) is 0 Å². The van der Waals surface area contributed by atoms with E-state index in [1.54, 1.807) is 0 Å². The van der Waals surface area contributed by atoms with Gasteiger partial charge in [0.15, 0.2) is 0 Å². The molecule has 0 aromatic heterocycles. The molecular formula is C13H19N. The third-order valence-electron chi connectivity index (χ3n) is 2.93. The molecule has 0 spiro atoms. The van der Waals surface area contributed by atoms with Gasteiger partial charge in [-0.05, 0) is 47.4 Å². The van der Waals surface area contributed by atoms with Crippen molar-refractivity contribution in [3.8, 4) is 0 Å². The third-order valence-corrected chi connectivity index (χ3v) is 2.93. The quantitative estimate of drug-likeness (QED) is 0.674. The number of hydrogen-bond donors (Lipinski definition) is 1. The second kappa shape index (κ2) is 3.01. The highest BCUT2D eigenvalue weighted by atomic mass is 14.5. The van der Waals surface area contributed by atoms with Crippen molar-refractivity contribution in [1.82, 2.24) is 0 Å². The number of nitrogens with two attached hydrogens (primary N) is 1. The molecule has 1 heteroatoms. The molecule has 0 saturated heterocycles. The molecule has 1 atom stereocenters. The number of nitrogen functional groups attached to an aromatic ring is 1. The predicted octanol–water partition coefficient (Wildman–Crippen LogP) is 3.34. The first kappa shape index (κ1) is 9.57. The van der Waals surface area contributed by atoms with Crippen LogP contribution >= 0.6 is 0 Å². The molecule has 1 unspecified atom stereocenters. The van der Waals surface area contributed by atoms with Gasteiger partial charge in [0.2, 0.25) is 0 Å². The largest absolute Gasteiger partial charge is 0.399 e. The topological polar surface area (TPSA) is 26.0 Å². The maximum Gasteiger partial charge on any atom is 0.0317 e. The van der Waals surface area contributed by atoms with Crippen LogP contribution < -0.4 is 5.73 Å². The number of rotatable bonds is 1. The molecule has 1 nitrogen and oxygen atoms in total. The van der Waals surface area contributed by atoms with E-state index in [0.29, 0.717) is 5.41 Å². The van der Waals surface area contributed by atoms with E-state index in [1.807, 2.05) is 6.07 Å². The van der Waals surface area contributed by atoms with Crippen molar-refractivity contribution in [1.29, 1.82) is 0 Å². The summed E-state index contributed by atoms with van der Waals surface area (Å²) in [6.45, 7) is 6.91. The lowest BCUT2D eigenvalue weighted by atomic mass is 9.70. The van der Waals surface area contributed by atoms with E-state index in [2.05, 4.69) is 32.9 Å². The van der Waals surface area contributed by atoms with Crippen molar-refractivity contribution in [3.63, 3.8) is 0 Å². The third kappa shape index (κ3) is 1.77. The first-order valence-corrected chi connectivity index (χ1v) is 5.34. The van der Waals surface area contributed by atoms with Crippen LogP contribution in [0.4, 0.5) is 5.69 Å². The Hall–Kier alpha value is -0.980. The van der Waals surface area contributed by atoms with Gasteiger partial charge in [0.1, 0.15) is 0 Å². The maximum absolute atomic E-state index is 5.79. The van der Waals surface area contributed by atoms with Crippen molar-refractivity contribution in [3.05, 3.63) is 29.3 Å². The summed E-state index contributed by atoms with van der Waals surface area (Å²) < 4.78 is 0. The fourth-order valence-corrected chi connectivity index (χ4v) is 2.34. The fourth-order valence-electron chi connectivity index (χ4n) is 2.34. The lowest BCUT2D eigenvalue weighted by Crippen LogP contribution is -2.22. The lowest BCUT2D eigenvalue weighted by Gasteiger charge is -2.35. The summed E-state index contributed by atoms with van der Waals surface area (Å²) >= 11 is 0. The minimum absolute atomic E-state index is 0.424. The van der Waals surface area contributed by atoms with Crippen LogP contribution in [-0.4, -0.2) is 0 Å². The molecule has 1 aromatic carbocycles. The molecule has 1 aromatic rings. The van der Waals surface area contributed by atoms with Crippen LogP contribution in [0.5, 0.6) is 0 Å². The SMILES string of the molecule is CC(C)(C)CC1Cc2ccc(N)cc21. The summed E-state index contributed by atoms with van der Waals surface area (Å²) in [6.07, 6.45) is 2.51. The van der Waals surface area contributed by atoms with E-state index in [4.69, 9.17) is 5.73 Å². The van der Waals surface area contributed by atoms with Crippen LogP contribution in [0.25, 0.3) is 0 Å². The van der Waals surface area contributed by atoms with E-state index in [0.717, 1.165) is 11.6 Å². The zero-order valence-electron chi connectivity index (χ0n) is 9.30. The maximum atomic E-state index is 5.79. The van der Waals surface area contributed by atoms with Crippen LogP contribution in [0.2, 0.25) is 0 Å². The van der Waals surface area contributed by atoms with Crippen LogP contribution in [-0.2, 0) is 6.42 Å². The first-order valence-electron chi connectivity index (χ1n) is 5.34. The van der Waals surface area contributed by atoms with Crippen molar-refractivity contribution >= 4 is 5.69 Å². The van der Waals surface area contributed by atoms with Crippen LogP contribution in [0.1, 0.15) is 44.2 Å². The Kier molecular flexibility index (Phi) is 2.06. The van der Waals surface area contributed by atoms with Gasteiger partial charge in [-0.25, -0.2) is 0 Å². The zero-order chi connectivity index (χ0) is 10.3. The average Bonchev–Trinajstić information content (AvgIpc) is 2.03. The second-order valence-electron chi connectivity index (χ2n) is 5.62. The predicted molar refractivity (Wildman–Crippen MR) is 61.4 cm³/mol. The molecule has 0 amide bonds. The number of benzene rings is 1. The summed E-state index contributed by atoms with van der Waals surface area (Å²) in [6, 6.07) is 6.32. The Bertz CT molecular complexity index is 347. The van der Waals surface area contributed by atoms with Crippen LogP contribution in [0.15, 0.2) is 18.2 Å². The Morgan fingerprint density at radius 2 is 2.07 bits per heavy atom. The van der Waals surface area contributed by atoms with Gasteiger partial charge < -0.3 is 5.73 Å². The second-order valence-corrected chi connectivity index (χ2v) is 5.62. The van der Waals surface area contributed by atoms with Crippen molar-refractivity contribution in [2.45, 2.75) is 39.5 Å². The molecule has 2 N–H and O–H groups in total. The summed E-state index contributed by atoms with van der Waals surface area (Å²) in [5.41, 5.74) is 10.1. The molecular weight excluding hydrogens is 170 g/mol. The standard InChI is InChI=1S/C13H19N/c1-13(2,3)8-10-6-9-4-5-11(14)7-12(9)10/h4-5,7,10H,6,8,14H2,1-3H3. The van der Waals surface area contributed by atoms with Crippen LogP contribution in [0.3, 0.4) is 0 Å². The zero-order valence-corrected chi connectivity index (χ0v) is 9.30. The first-order chi connectivity index (χ1) is 6.46. The van der Waals surface area contributed by atoms with Crippen molar-refractivity contribution in [2.75, 3.05) is 5.73 Å². The molecule has 2 rings (SSSR count). The number of fused-ring (bicyclic) bond motifs is 1. The van der Waals surface area contributed by atoms with E-state index in [1.165, 1.54) is 24.0 Å². The minimum Gasteiger partial charge on any atom is -0.399 e. The number of anilines is 1. The summed E-state index contributed by atoms with van der Waals surface area (Å²) in [5, 5.41) is 0. The molecule has 0 radical (unpaired) electrons. The van der Waals surface area contributed by atoms with Gasteiger partial charge in [-0.3, -0.25) is 0 Å². The smallest absolute Gasteiger partial charge is 0.0317 e. The Balaban J connectivity index is 2.15. The molecule has 0 heterocycles. The highest BCUT2D eigenvalue weighted by molar-refractivity contribution is 5.51. The number of hydrogen-bond acceptors (Lipinski definition) is 1. The van der Waals surface area contributed by atoms with Gasteiger partial charge in [-0.2, -0.15) is 0 Å². The van der Waals surface area contributed by atoms with E-state index >= 15 is 0 Å². The van der Waals surface area contributed by atoms with Gasteiger partial charge in [0, 0.05) is 5.69 Å². The van der Waals surface area contributed by atoms with Gasteiger partial charge in [0.25, 0.3) is 0 Å². The highest BCUT2D eigenvalue weighted by Gasteiger charge is 2.29. The molecule has 0 fully saturated rings. The molecule has 0 saturated carbocycles. The Morgan fingerprint density at radius 3 is 2.71 bits per heavy atom. The van der Waals surface area contributed by atoms with E-state index in [-0.39, 0.29) is 0 Å². The van der Waals surface area contributed by atoms with Crippen molar-refractivity contribution < 1.29 is 0 Å². The van der Waals surface area contributed by atoms with E-state index < -0.39 is 0 Å². The highest BCUT2D eigenvalue weighted by Crippen LogP contribution is 2.43. The molecule has 1 aliphatic carbocycles. The summed E-state index contributed by atoms with van der Waals surface area (Å²) in [5.74, 6) is 0.744. The summed E-state index contributed by atoms with van der Waals surface area (Å²) in [7, 11) is 0. The molecule has 76 valence electrons. The van der Waals surface area contributed by atoms with Crippen LogP contribution in [0, 0.1) is 5.41 Å². The normalized spacial score (nSPS) is 20.1. The summed E-state index contributed by atoms with van der Waals surface area (Å²) in [4.78, 5) is 0. The molecule has 0 bridgehead atoms. The Morgan fingerprint density at radius 1 is 1.36 bits per heavy atom. The lowest BCUT2D eigenvalue weighted by molar-refractivity contribution is 0.323. The van der Waals surface area contributed by atoms with E-state index in [9.17, 15) is 0 Å².